The minimum absolute atomic E-state index is 0.868. The normalized spacial score (nSPS) is 6.87. The molecular weight excluding hydrogens is 186 g/mol. The molecule has 1 aromatic carbocycles. The Morgan fingerprint density at radius 3 is 1.47 bits per heavy atom. The van der Waals surface area contributed by atoms with Gasteiger partial charge in [0.2, 0.25) is 0 Å². The Morgan fingerprint density at radius 1 is 0.933 bits per heavy atom. The van der Waals surface area contributed by atoms with Crippen LogP contribution in [-0.4, -0.2) is 14.2 Å². The number of hydrogen-bond acceptors (Lipinski definition) is 2. The van der Waals surface area contributed by atoms with Gasteiger partial charge in [0.05, 0.1) is 0 Å². The van der Waals surface area contributed by atoms with Crippen LogP contribution in [0.3, 0.4) is 0 Å². The largest absolute Gasteiger partial charge is 0.399 e. The van der Waals surface area contributed by atoms with Crippen molar-refractivity contribution in [1.82, 2.24) is 0 Å². The Labute approximate surface area is 95.5 Å². The highest BCUT2D eigenvalue weighted by Gasteiger charge is 1.84. The molecule has 0 radical (unpaired) electrons. The average Bonchev–Trinajstić information content (AvgIpc) is 2.29. The first-order valence-corrected chi connectivity index (χ1v) is 5.43. The second kappa shape index (κ2) is 18.7. The van der Waals surface area contributed by atoms with Crippen LogP contribution >= 0.6 is 0 Å². The predicted octanol–water partition coefficient (Wildman–Crippen LogP) is 3.89. The quantitative estimate of drug-likeness (QED) is 0.663. The van der Waals surface area contributed by atoms with Crippen molar-refractivity contribution in [3.8, 4) is 0 Å². The maximum Gasteiger partial charge on any atom is 0.0351 e. The van der Waals surface area contributed by atoms with E-state index in [0.29, 0.717) is 0 Å². The third-order valence-electron chi connectivity index (χ3n) is 1.19. The van der Waals surface area contributed by atoms with Gasteiger partial charge < -0.3 is 10.5 Å². The summed E-state index contributed by atoms with van der Waals surface area (Å²) in [4.78, 5) is 0. The second-order valence-corrected chi connectivity index (χ2v) is 2.26. The van der Waals surface area contributed by atoms with E-state index in [9.17, 15) is 0 Å². The maximum absolute atomic E-state index is 5.52. The number of rotatable bonds is 0. The van der Waals surface area contributed by atoms with Gasteiger partial charge in [-0.15, -0.1) is 0 Å². The van der Waals surface area contributed by atoms with E-state index in [0.717, 1.165) is 11.3 Å². The highest BCUT2D eigenvalue weighted by Crippen LogP contribution is 2.06. The van der Waals surface area contributed by atoms with Gasteiger partial charge in [-0.3, -0.25) is 0 Å². The molecule has 0 amide bonds. The first-order valence-electron chi connectivity index (χ1n) is 5.43. The van der Waals surface area contributed by atoms with Crippen molar-refractivity contribution in [1.29, 1.82) is 0 Å². The predicted molar refractivity (Wildman–Crippen MR) is 71.2 cm³/mol. The molecule has 2 N–H and O–H groups in total. The molecule has 0 unspecified atom stereocenters. The number of benzene rings is 1. The van der Waals surface area contributed by atoms with Crippen molar-refractivity contribution in [2.24, 2.45) is 0 Å². The number of aryl methyl sites for hydroxylation is 1. The Bertz CT molecular complexity index is 178. The molecular formula is C13H27NO. The molecule has 0 aliphatic carbocycles. The zero-order valence-electron chi connectivity index (χ0n) is 11.3. The minimum Gasteiger partial charge on any atom is -0.399 e. The van der Waals surface area contributed by atoms with Crippen LogP contribution < -0.4 is 5.73 Å². The lowest BCUT2D eigenvalue weighted by Crippen LogP contribution is -1.85. The van der Waals surface area contributed by atoms with Gasteiger partial charge in [-0.1, -0.05) is 45.9 Å². The summed E-state index contributed by atoms with van der Waals surface area (Å²) in [6.45, 7) is 10.00. The fourth-order valence-corrected chi connectivity index (χ4v) is 0.587. The summed E-state index contributed by atoms with van der Waals surface area (Å²) < 4.78 is 4.25. The molecule has 0 spiro atoms. The fraction of sp³-hybridized carbons (Fsp3) is 0.538. The summed E-state index contributed by atoms with van der Waals surface area (Å²) in [5.74, 6) is 0. The van der Waals surface area contributed by atoms with E-state index in [1.54, 1.807) is 14.2 Å². The third-order valence-corrected chi connectivity index (χ3v) is 1.19. The Morgan fingerprint density at radius 2 is 1.27 bits per heavy atom. The van der Waals surface area contributed by atoms with Gasteiger partial charge in [-0.25, -0.2) is 0 Å². The van der Waals surface area contributed by atoms with Gasteiger partial charge in [-0.05, 0) is 18.6 Å². The molecule has 2 heteroatoms. The highest BCUT2D eigenvalue weighted by molar-refractivity contribution is 5.44. The Hall–Kier alpha value is -1.02. The number of ether oxygens (including phenoxy) is 1. The molecule has 0 aliphatic heterocycles. The number of anilines is 1. The van der Waals surface area contributed by atoms with Crippen LogP contribution in [0.1, 0.15) is 33.3 Å². The van der Waals surface area contributed by atoms with E-state index in [2.05, 4.69) is 4.74 Å². The second-order valence-electron chi connectivity index (χ2n) is 2.26. The van der Waals surface area contributed by atoms with E-state index in [1.165, 1.54) is 0 Å². The zero-order valence-corrected chi connectivity index (χ0v) is 11.3. The first-order chi connectivity index (χ1) is 7.22. The summed E-state index contributed by atoms with van der Waals surface area (Å²) >= 11 is 0. The molecule has 0 aromatic heterocycles. The monoisotopic (exact) mass is 213 g/mol. The van der Waals surface area contributed by atoms with Crippen LogP contribution in [0.2, 0.25) is 0 Å². The molecule has 2 nitrogen and oxygen atoms in total. The first kappa shape index (κ1) is 19.5. The van der Waals surface area contributed by atoms with Crippen LogP contribution in [-0.2, 0) is 4.74 Å². The maximum atomic E-state index is 5.52. The zero-order chi connectivity index (χ0) is 12.7. The number of para-hydroxylation sites is 1. The molecule has 0 fully saturated rings. The van der Waals surface area contributed by atoms with Gasteiger partial charge in [0.25, 0.3) is 0 Å². The molecule has 1 aromatic rings. The van der Waals surface area contributed by atoms with Crippen molar-refractivity contribution in [3.05, 3.63) is 29.8 Å². The van der Waals surface area contributed by atoms with Gasteiger partial charge in [0.1, 0.15) is 0 Å². The molecule has 0 saturated heterocycles. The molecule has 15 heavy (non-hydrogen) atoms. The lowest BCUT2D eigenvalue weighted by Gasteiger charge is -1.93. The molecule has 0 heterocycles. The number of nitrogen functional groups attached to an aromatic ring is 1. The van der Waals surface area contributed by atoms with Crippen molar-refractivity contribution in [2.45, 2.75) is 34.6 Å². The van der Waals surface area contributed by atoms with Crippen LogP contribution in [0.15, 0.2) is 24.3 Å². The number of nitrogens with two attached hydrogens (primary N) is 1. The van der Waals surface area contributed by atoms with Gasteiger partial charge in [0, 0.05) is 19.9 Å². The standard InChI is InChI=1S/C7H9N.C2H6O.2C2H6/c1-6-4-2-3-5-7(6)8;1-3-2;2*1-2/h2-5H,8H2,1H3;1-2H3;2*1-2H3. The summed E-state index contributed by atoms with van der Waals surface area (Å²) in [5.41, 5.74) is 7.53. The van der Waals surface area contributed by atoms with Gasteiger partial charge >= 0.3 is 0 Å². The van der Waals surface area contributed by atoms with E-state index in [1.807, 2.05) is 58.9 Å². The summed E-state index contributed by atoms with van der Waals surface area (Å²) in [6.07, 6.45) is 0. The molecule has 0 saturated carbocycles. The van der Waals surface area contributed by atoms with E-state index in [-0.39, 0.29) is 0 Å². The summed E-state index contributed by atoms with van der Waals surface area (Å²) in [6, 6.07) is 7.80. The molecule has 0 atom stereocenters. The van der Waals surface area contributed by atoms with Gasteiger partial charge in [0.15, 0.2) is 0 Å². The SMILES string of the molecule is CC.CC.COC.Cc1ccccc1N. The Balaban J connectivity index is -0.000000176. The lowest BCUT2D eigenvalue weighted by atomic mass is 10.2. The molecule has 0 aliphatic rings. The van der Waals surface area contributed by atoms with Crippen molar-refractivity contribution in [2.75, 3.05) is 20.0 Å². The fourth-order valence-electron chi connectivity index (χ4n) is 0.587. The number of methoxy groups -OCH3 is 1. The van der Waals surface area contributed by atoms with E-state index >= 15 is 0 Å². The topological polar surface area (TPSA) is 35.2 Å². The van der Waals surface area contributed by atoms with Gasteiger partial charge in [-0.2, -0.15) is 0 Å². The van der Waals surface area contributed by atoms with Crippen LogP contribution in [0.4, 0.5) is 5.69 Å². The molecule has 1 rings (SSSR count). The highest BCUT2D eigenvalue weighted by atomic mass is 16.4. The van der Waals surface area contributed by atoms with E-state index < -0.39 is 0 Å². The smallest absolute Gasteiger partial charge is 0.0351 e. The van der Waals surface area contributed by atoms with E-state index in [4.69, 9.17) is 5.73 Å². The summed E-state index contributed by atoms with van der Waals surface area (Å²) in [5, 5.41) is 0. The van der Waals surface area contributed by atoms with Crippen molar-refractivity contribution < 1.29 is 4.74 Å². The lowest BCUT2D eigenvalue weighted by molar-refractivity contribution is 0.277. The molecule has 90 valence electrons. The van der Waals surface area contributed by atoms with Crippen LogP contribution in [0.25, 0.3) is 0 Å². The van der Waals surface area contributed by atoms with Crippen LogP contribution in [0.5, 0.6) is 0 Å². The molecule has 0 bridgehead atoms. The summed E-state index contributed by atoms with van der Waals surface area (Å²) in [7, 11) is 3.25. The average molecular weight is 213 g/mol. The van der Waals surface area contributed by atoms with Crippen molar-refractivity contribution >= 4 is 5.69 Å². The van der Waals surface area contributed by atoms with Crippen molar-refractivity contribution in [3.63, 3.8) is 0 Å². The number of hydrogen-bond donors (Lipinski definition) is 1. The minimum atomic E-state index is 0.868. The van der Waals surface area contributed by atoms with Crippen LogP contribution in [0, 0.1) is 6.92 Å². The third kappa shape index (κ3) is 15.7. The Kier molecular flexibility index (Phi) is 24.4.